The second-order valence-electron chi connectivity index (χ2n) is 6.19. The molecule has 1 aliphatic heterocycles. The number of amides is 2. The molecule has 0 aliphatic carbocycles. The lowest BCUT2D eigenvalue weighted by atomic mass is 10.1. The van der Waals surface area contributed by atoms with Crippen molar-refractivity contribution in [3.8, 4) is 0 Å². The molecule has 1 N–H and O–H groups in total. The van der Waals surface area contributed by atoms with Crippen LogP contribution in [0.15, 0.2) is 54.6 Å². The van der Waals surface area contributed by atoms with Crippen molar-refractivity contribution in [2.75, 3.05) is 13.1 Å². The van der Waals surface area contributed by atoms with Gasteiger partial charge in [-0.25, -0.2) is 4.39 Å². The van der Waals surface area contributed by atoms with E-state index in [1.54, 1.807) is 23.1 Å². The van der Waals surface area contributed by atoms with Crippen molar-refractivity contribution >= 4 is 11.8 Å². The fourth-order valence-corrected chi connectivity index (χ4v) is 3.17. The van der Waals surface area contributed by atoms with Gasteiger partial charge in [0, 0.05) is 18.7 Å². The third-order valence-electron chi connectivity index (χ3n) is 4.44. The summed E-state index contributed by atoms with van der Waals surface area (Å²) in [6.45, 7) is 1.02. The SMILES string of the molecule is O=C(NCCc1cccc(F)c1)[C@H]1CCCN1C(=O)c1ccccc1. The molecule has 1 fully saturated rings. The third kappa shape index (κ3) is 4.24. The van der Waals surface area contributed by atoms with Crippen LogP contribution in [0.25, 0.3) is 0 Å². The van der Waals surface area contributed by atoms with E-state index in [9.17, 15) is 14.0 Å². The van der Waals surface area contributed by atoms with Crippen LogP contribution in [-0.2, 0) is 11.2 Å². The molecule has 1 saturated heterocycles. The van der Waals surface area contributed by atoms with Gasteiger partial charge in [0.05, 0.1) is 0 Å². The Morgan fingerprint density at radius 3 is 2.68 bits per heavy atom. The Balaban J connectivity index is 1.56. The second kappa shape index (κ2) is 7.92. The summed E-state index contributed by atoms with van der Waals surface area (Å²) in [6.07, 6.45) is 2.05. The maximum absolute atomic E-state index is 13.2. The molecule has 2 aromatic carbocycles. The number of carbonyl (C=O) groups is 2. The van der Waals surface area contributed by atoms with Gasteiger partial charge in [0.15, 0.2) is 0 Å². The molecule has 1 heterocycles. The van der Waals surface area contributed by atoms with Crippen LogP contribution in [0.4, 0.5) is 4.39 Å². The zero-order valence-electron chi connectivity index (χ0n) is 14.0. The molecule has 25 heavy (non-hydrogen) atoms. The summed E-state index contributed by atoms with van der Waals surface area (Å²) in [4.78, 5) is 26.7. The maximum Gasteiger partial charge on any atom is 0.254 e. The fourth-order valence-electron chi connectivity index (χ4n) is 3.17. The van der Waals surface area contributed by atoms with Crippen LogP contribution >= 0.6 is 0 Å². The monoisotopic (exact) mass is 340 g/mol. The Hall–Kier alpha value is -2.69. The quantitative estimate of drug-likeness (QED) is 0.910. The van der Waals surface area contributed by atoms with E-state index in [0.717, 1.165) is 12.0 Å². The van der Waals surface area contributed by atoms with Gasteiger partial charge in [-0.1, -0.05) is 30.3 Å². The minimum absolute atomic E-state index is 0.108. The third-order valence-corrected chi connectivity index (χ3v) is 4.44. The Kier molecular flexibility index (Phi) is 5.43. The van der Waals surface area contributed by atoms with Gasteiger partial charge in [-0.3, -0.25) is 9.59 Å². The van der Waals surface area contributed by atoms with Crippen molar-refractivity contribution in [2.24, 2.45) is 0 Å². The summed E-state index contributed by atoms with van der Waals surface area (Å²) < 4.78 is 13.2. The van der Waals surface area contributed by atoms with Gasteiger partial charge in [0.2, 0.25) is 5.91 Å². The van der Waals surface area contributed by atoms with E-state index in [-0.39, 0.29) is 17.6 Å². The molecule has 0 spiro atoms. The Morgan fingerprint density at radius 2 is 1.92 bits per heavy atom. The van der Waals surface area contributed by atoms with Crippen LogP contribution in [-0.4, -0.2) is 35.8 Å². The number of hydrogen-bond donors (Lipinski definition) is 1. The minimum atomic E-state index is -0.430. The number of carbonyl (C=O) groups excluding carboxylic acids is 2. The van der Waals surface area contributed by atoms with E-state index in [2.05, 4.69) is 5.32 Å². The summed E-state index contributed by atoms with van der Waals surface area (Å²) in [5.41, 5.74) is 1.44. The topological polar surface area (TPSA) is 49.4 Å². The molecule has 5 heteroatoms. The lowest BCUT2D eigenvalue weighted by Gasteiger charge is -2.24. The molecule has 1 aliphatic rings. The number of likely N-dealkylation sites (tertiary alicyclic amines) is 1. The molecular formula is C20H21FN2O2. The maximum atomic E-state index is 13.2. The van der Waals surface area contributed by atoms with Crippen molar-refractivity contribution in [3.05, 3.63) is 71.5 Å². The molecule has 3 rings (SSSR count). The number of rotatable bonds is 5. The molecule has 2 amide bonds. The first kappa shape index (κ1) is 17.1. The average molecular weight is 340 g/mol. The largest absolute Gasteiger partial charge is 0.354 e. The number of halogens is 1. The zero-order chi connectivity index (χ0) is 17.6. The number of benzene rings is 2. The second-order valence-corrected chi connectivity index (χ2v) is 6.19. The first-order valence-corrected chi connectivity index (χ1v) is 8.53. The number of nitrogens with one attached hydrogen (secondary N) is 1. The van der Waals surface area contributed by atoms with Gasteiger partial charge in [0.25, 0.3) is 5.91 Å². The molecule has 130 valence electrons. The van der Waals surface area contributed by atoms with Crippen LogP contribution < -0.4 is 5.32 Å². The smallest absolute Gasteiger partial charge is 0.254 e. The first-order valence-electron chi connectivity index (χ1n) is 8.53. The van der Waals surface area contributed by atoms with E-state index >= 15 is 0 Å². The summed E-state index contributed by atoms with van der Waals surface area (Å²) in [6, 6.07) is 14.9. The average Bonchev–Trinajstić information content (AvgIpc) is 3.11. The number of nitrogens with zero attached hydrogens (tertiary/aromatic N) is 1. The predicted molar refractivity (Wildman–Crippen MR) is 93.6 cm³/mol. The van der Waals surface area contributed by atoms with E-state index in [0.29, 0.717) is 31.5 Å². The summed E-state index contributed by atoms with van der Waals surface area (Å²) in [5, 5.41) is 2.87. The highest BCUT2D eigenvalue weighted by Crippen LogP contribution is 2.20. The fraction of sp³-hybridized carbons (Fsp3) is 0.300. The summed E-state index contributed by atoms with van der Waals surface area (Å²) >= 11 is 0. The summed E-state index contributed by atoms with van der Waals surface area (Å²) in [5.74, 6) is -0.527. The molecule has 0 radical (unpaired) electrons. The van der Waals surface area contributed by atoms with Crippen molar-refractivity contribution < 1.29 is 14.0 Å². The van der Waals surface area contributed by atoms with Crippen LogP contribution in [0, 0.1) is 5.82 Å². The standard InChI is InChI=1S/C20H21FN2O2/c21-17-9-4-6-15(14-17)11-12-22-19(24)18-10-5-13-23(18)20(25)16-7-2-1-3-8-16/h1-4,6-9,14,18H,5,10-13H2,(H,22,24)/t18-/m1/s1. The van der Waals surface area contributed by atoms with Gasteiger partial charge in [-0.2, -0.15) is 0 Å². The number of hydrogen-bond acceptors (Lipinski definition) is 2. The van der Waals surface area contributed by atoms with E-state index in [4.69, 9.17) is 0 Å². The van der Waals surface area contributed by atoms with Crippen LogP contribution in [0.2, 0.25) is 0 Å². The Bertz CT molecular complexity index is 748. The molecule has 1 atom stereocenters. The molecule has 0 bridgehead atoms. The van der Waals surface area contributed by atoms with Crippen molar-refractivity contribution in [1.29, 1.82) is 0 Å². The summed E-state index contributed by atoms with van der Waals surface area (Å²) in [7, 11) is 0. The predicted octanol–water partition coefficient (Wildman–Crippen LogP) is 2.79. The molecular weight excluding hydrogens is 319 g/mol. The van der Waals surface area contributed by atoms with Gasteiger partial charge in [-0.15, -0.1) is 0 Å². The van der Waals surface area contributed by atoms with Gasteiger partial charge in [0.1, 0.15) is 11.9 Å². The highest BCUT2D eigenvalue weighted by Gasteiger charge is 2.34. The van der Waals surface area contributed by atoms with Gasteiger partial charge >= 0.3 is 0 Å². The molecule has 0 saturated carbocycles. The first-order chi connectivity index (χ1) is 12.1. The lowest BCUT2D eigenvalue weighted by molar-refractivity contribution is -0.124. The molecule has 4 nitrogen and oxygen atoms in total. The van der Waals surface area contributed by atoms with Crippen molar-refractivity contribution in [1.82, 2.24) is 10.2 Å². The van der Waals surface area contributed by atoms with Gasteiger partial charge in [-0.05, 0) is 49.1 Å². The highest BCUT2D eigenvalue weighted by atomic mass is 19.1. The van der Waals surface area contributed by atoms with Crippen LogP contribution in [0.5, 0.6) is 0 Å². The lowest BCUT2D eigenvalue weighted by Crippen LogP contribution is -2.46. The van der Waals surface area contributed by atoms with Crippen molar-refractivity contribution in [3.63, 3.8) is 0 Å². The highest BCUT2D eigenvalue weighted by molar-refractivity contribution is 5.97. The van der Waals surface area contributed by atoms with Crippen LogP contribution in [0.3, 0.4) is 0 Å². The van der Waals surface area contributed by atoms with E-state index in [1.807, 2.05) is 24.3 Å². The van der Waals surface area contributed by atoms with E-state index in [1.165, 1.54) is 12.1 Å². The normalized spacial score (nSPS) is 16.7. The van der Waals surface area contributed by atoms with Crippen LogP contribution in [0.1, 0.15) is 28.8 Å². The molecule has 0 unspecified atom stereocenters. The van der Waals surface area contributed by atoms with E-state index < -0.39 is 6.04 Å². The Labute approximate surface area is 146 Å². The minimum Gasteiger partial charge on any atom is -0.354 e. The van der Waals surface area contributed by atoms with Gasteiger partial charge < -0.3 is 10.2 Å². The molecule has 0 aromatic heterocycles. The molecule has 2 aromatic rings. The Morgan fingerprint density at radius 1 is 1.12 bits per heavy atom. The van der Waals surface area contributed by atoms with Crippen molar-refractivity contribution in [2.45, 2.75) is 25.3 Å². The zero-order valence-corrected chi connectivity index (χ0v) is 14.0.